The number of hydrogen-bond donors (Lipinski definition) is 1. The highest BCUT2D eigenvalue weighted by atomic mass is 16.3. The number of para-hydroxylation sites is 1. The fourth-order valence-corrected chi connectivity index (χ4v) is 4.15. The number of rotatable bonds is 2. The van der Waals surface area contributed by atoms with Gasteiger partial charge in [0.15, 0.2) is 0 Å². The van der Waals surface area contributed by atoms with Crippen molar-refractivity contribution in [3.05, 3.63) is 29.8 Å². The van der Waals surface area contributed by atoms with Crippen LogP contribution in [0.2, 0.25) is 0 Å². The van der Waals surface area contributed by atoms with Gasteiger partial charge in [-0.3, -0.25) is 4.99 Å². The molecule has 3 atom stereocenters. The lowest BCUT2D eigenvalue weighted by Crippen LogP contribution is -2.34. The van der Waals surface area contributed by atoms with Crippen LogP contribution in [0.4, 0.5) is 0 Å². The number of phenols is 1. The summed E-state index contributed by atoms with van der Waals surface area (Å²) in [6.45, 7) is 7.20. The first kappa shape index (κ1) is 12.7. The van der Waals surface area contributed by atoms with Crippen molar-refractivity contribution in [2.45, 2.75) is 46.1 Å². The summed E-state index contributed by atoms with van der Waals surface area (Å²) in [6.07, 6.45) is 5.70. The first-order valence-electron chi connectivity index (χ1n) is 7.26. The van der Waals surface area contributed by atoms with Gasteiger partial charge >= 0.3 is 0 Å². The molecule has 19 heavy (non-hydrogen) atoms. The first-order chi connectivity index (χ1) is 8.95. The molecule has 102 valence electrons. The third-order valence-electron chi connectivity index (χ3n) is 6.08. The Balaban J connectivity index is 1.85. The van der Waals surface area contributed by atoms with E-state index in [1.54, 1.807) is 6.07 Å². The van der Waals surface area contributed by atoms with Crippen LogP contribution in [0.1, 0.15) is 45.6 Å². The van der Waals surface area contributed by atoms with Gasteiger partial charge in [-0.2, -0.15) is 0 Å². The van der Waals surface area contributed by atoms with Crippen LogP contribution >= 0.6 is 0 Å². The van der Waals surface area contributed by atoms with E-state index < -0.39 is 0 Å². The van der Waals surface area contributed by atoms with E-state index in [4.69, 9.17) is 4.99 Å². The van der Waals surface area contributed by atoms with E-state index in [1.165, 1.54) is 19.3 Å². The lowest BCUT2D eigenvalue weighted by molar-refractivity contribution is 0.137. The molecule has 2 fully saturated rings. The second-order valence-corrected chi connectivity index (χ2v) is 6.96. The molecule has 0 aliphatic heterocycles. The molecule has 2 aliphatic carbocycles. The summed E-state index contributed by atoms with van der Waals surface area (Å²) in [6, 6.07) is 7.82. The molecule has 0 radical (unpaired) electrons. The summed E-state index contributed by atoms with van der Waals surface area (Å²) in [5.74, 6) is 1.13. The Morgan fingerprint density at radius 2 is 2.00 bits per heavy atom. The molecule has 2 aliphatic rings. The molecule has 2 bridgehead atoms. The van der Waals surface area contributed by atoms with E-state index in [2.05, 4.69) is 20.8 Å². The van der Waals surface area contributed by atoms with Crippen molar-refractivity contribution >= 4 is 6.21 Å². The Morgan fingerprint density at radius 3 is 2.58 bits per heavy atom. The van der Waals surface area contributed by atoms with Crippen LogP contribution in [0.5, 0.6) is 5.75 Å². The molecule has 1 N–H and O–H groups in total. The highest BCUT2D eigenvalue weighted by Crippen LogP contribution is 2.66. The van der Waals surface area contributed by atoms with Crippen molar-refractivity contribution in [1.82, 2.24) is 0 Å². The van der Waals surface area contributed by atoms with E-state index in [0.717, 1.165) is 11.5 Å². The van der Waals surface area contributed by atoms with Crippen LogP contribution in [-0.2, 0) is 0 Å². The third kappa shape index (κ3) is 1.73. The lowest BCUT2D eigenvalue weighted by atomic mass is 9.69. The molecular weight excluding hydrogens is 234 g/mol. The Kier molecular flexibility index (Phi) is 2.74. The van der Waals surface area contributed by atoms with Gasteiger partial charge in [0.25, 0.3) is 0 Å². The molecule has 3 rings (SSSR count). The van der Waals surface area contributed by atoms with Crippen molar-refractivity contribution in [3.63, 3.8) is 0 Å². The quantitative estimate of drug-likeness (QED) is 0.797. The van der Waals surface area contributed by atoms with Gasteiger partial charge in [-0.25, -0.2) is 0 Å². The maximum atomic E-state index is 9.79. The fourth-order valence-electron chi connectivity index (χ4n) is 4.15. The molecular formula is C17H23NO. The zero-order chi connectivity index (χ0) is 13.7. The molecule has 2 nitrogen and oxygen atoms in total. The summed E-state index contributed by atoms with van der Waals surface area (Å²) in [7, 11) is 0. The molecule has 0 unspecified atom stereocenters. The van der Waals surface area contributed by atoms with Crippen LogP contribution in [0.3, 0.4) is 0 Å². The number of fused-ring (bicyclic) bond motifs is 2. The van der Waals surface area contributed by atoms with Gasteiger partial charge in [-0.1, -0.05) is 32.9 Å². The topological polar surface area (TPSA) is 32.6 Å². The molecule has 2 saturated carbocycles. The number of aliphatic imine (C=N–C) groups is 1. The smallest absolute Gasteiger partial charge is 0.124 e. The average Bonchev–Trinajstić information content (AvgIpc) is 2.70. The van der Waals surface area contributed by atoms with Crippen LogP contribution in [0, 0.1) is 16.7 Å². The molecule has 1 aromatic carbocycles. The van der Waals surface area contributed by atoms with Crippen molar-refractivity contribution in [1.29, 1.82) is 0 Å². The zero-order valence-corrected chi connectivity index (χ0v) is 12.1. The Labute approximate surface area is 115 Å². The molecule has 0 saturated heterocycles. The van der Waals surface area contributed by atoms with Crippen molar-refractivity contribution in [2.24, 2.45) is 21.7 Å². The highest BCUT2D eigenvalue weighted by Gasteiger charge is 2.61. The van der Waals surface area contributed by atoms with Gasteiger partial charge in [0.1, 0.15) is 5.75 Å². The van der Waals surface area contributed by atoms with E-state index in [0.29, 0.717) is 22.6 Å². The van der Waals surface area contributed by atoms with E-state index >= 15 is 0 Å². The summed E-state index contributed by atoms with van der Waals surface area (Å²) in [5.41, 5.74) is 1.54. The predicted octanol–water partition coefficient (Wildman–Crippen LogP) is 4.03. The SMILES string of the molecule is CC1(C)[C@H]2CC[C@@]1(C)[C@@H](N=Cc1ccccc1O)C2. The Bertz CT molecular complexity index is 520. The maximum absolute atomic E-state index is 9.79. The summed E-state index contributed by atoms with van der Waals surface area (Å²) in [5, 5.41) is 9.79. The zero-order valence-electron chi connectivity index (χ0n) is 12.1. The maximum Gasteiger partial charge on any atom is 0.124 e. The van der Waals surface area contributed by atoms with Crippen LogP contribution in [0.15, 0.2) is 29.3 Å². The lowest BCUT2D eigenvalue weighted by Gasteiger charge is -2.37. The number of nitrogens with zero attached hydrogens (tertiary/aromatic N) is 1. The van der Waals surface area contributed by atoms with Gasteiger partial charge in [0.2, 0.25) is 0 Å². The van der Waals surface area contributed by atoms with Crippen LogP contribution in [0.25, 0.3) is 0 Å². The van der Waals surface area contributed by atoms with E-state index in [-0.39, 0.29) is 0 Å². The standard InChI is InChI=1S/C17H23NO/c1-16(2)13-8-9-17(16,3)15(10-13)18-11-12-6-4-5-7-14(12)19/h4-7,11,13,15,19H,8-10H2,1-3H3/t13-,15-,17-/m0/s1. The minimum Gasteiger partial charge on any atom is -0.507 e. The monoisotopic (exact) mass is 257 g/mol. The van der Waals surface area contributed by atoms with E-state index in [9.17, 15) is 5.11 Å². The molecule has 0 spiro atoms. The molecule has 0 aromatic heterocycles. The molecule has 0 heterocycles. The third-order valence-corrected chi connectivity index (χ3v) is 6.08. The van der Waals surface area contributed by atoms with Crippen molar-refractivity contribution in [3.8, 4) is 5.75 Å². The Morgan fingerprint density at radius 1 is 1.26 bits per heavy atom. The Hall–Kier alpha value is -1.31. The minimum absolute atomic E-state index is 0.318. The number of aromatic hydroxyl groups is 1. The summed E-state index contributed by atoms with van der Waals surface area (Å²) < 4.78 is 0. The molecule has 1 aromatic rings. The number of phenolic OH excluding ortho intramolecular Hbond substituents is 1. The fraction of sp³-hybridized carbons (Fsp3) is 0.588. The number of benzene rings is 1. The summed E-state index contributed by atoms with van der Waals surface area (Å²) in [4.78, 5) is 4.82. The predicted molar refractivity (Wildman–Crippen MR) is 78.7 cm³/mol. The minimum atomic E-state index is 0.318. The largest absolute Gasteiger partial charge is 0.507 e. The van der Waals surface area contributed by atoms with E-state index in [1.807, 2.05) is 24.4 Å². The van der Waals surface area contributed by atoms with Gasteiger partial charge in [-0.05, 0) is 48.1 Å². The van der Waals surface area contributed by atoms with Gasteiger partial charge in [0.05, 0.1) is 6.04 Å². The second-order valence-electron chi connectivity index (χ2n) is 6.96. The van der Waals surface area contributed by atoms with Gasteiger partial charge in [0, 0.05) is 11.8 Å². The van der Waals surface area contributed by atoms with Crippen molar-refractivity contribution in [2.75, 3.05) is 0 Å². The molecule has 2 heteroatoms. The van der Waals surface area contributed by atoms with Crippen LogP contribution < -0.4 is 0 Å². The van der Waals surface area contributed by atoms with Crippen molar-refractivity contribution < 1.29 is 5.11 Å². The van der Waals surface area contributed by atoms with Gasteiger partial charge < -0.3 is 5.11 Å². The highest BCUT2D eigenvalue weighted by molar-refractivity contribution is 5.83. The van der Waals surface area contributed by atoms with Gasteiger partial charge in [-0.15, -0.1) is 0 Å². The van der Waals surface area contributed by atoms with Crippen LogP contribution in [-0.4, -0.2) is 17.4 Å². The number of hydrogen-bond acceptors (Lipinski definition) is 2. The first-order valence-corrected chi connectivity index (χ1v) is 7.26. The average molecular weight is 257 g/mol. The second kappa shape index (κ2) is 4.09. The molecule has 0 amide bonds. The summed E-state index contributed by atoms with van der Waals surface area (Å²) >= 11 is 0. The normalized spacial score (nSPS) is 36.2.